The lowest BCUT2D eigenvalue weighted by Crippen LogP contribution is -2.05. The molecule has 0 fully saturated rings. The summed E-state index contributed by atoms with van der Waals surface area (Å²) in [5, 5.41) is 7.16. The standard InChI is InChI=1S/C12H13Cl2N3O/c1-2-15-11-9(13)6-10(14)12(17-11)16-7-8-4-3-5-18-8/h3-6H,2,7H2,1H3,(H2,15,16,17). The molecule has 0 spiro atoms. The summed E-state index contributed by atoms with van der Waals surface area (Å²) in [6.45, 7) is 3.24. The minimum absolute atomic E-state index is 0.480. The van der Waals surface area contributed by atoms with E-state index in [0.29, 0.717) is 28.2 Å². The van der Waals surface area contributed by atoms with Crippen LogP contribution < -0.4 is 10.6 Å². The summed E-state index contributed by atoms with van der Waals surface area (Å²) in [7, 11) is 0. The highest BCUT2D eigenvalue weighted by Gasteiger charge is 2.09. The van der Waals surface area contributed by atoms with Crippen LogP contribution in [0.5, 0.6) is 0 Å². The number of nitrogens with one attached hydrogen (secondary N) is 2. The zero-order valence-electron chi connectivity index (χ0n) is 9.84. The molecule has 6 heteroatoms. The van der Waals surface area contributed by atoms with E-state index in [1.165, 1.54) is 0 Å². The molecule has 0 aliphatic carbocycles. The zero-order chi connectivity index (χ0) is 13.0. The van der Waals surface area contributed by atoms with Crippen LogP contribution in [0.3, 0.4) is 0 Å². The summed E-state index contributed by atoms with van der Waals surface area (Å²) in [4.78, 5) is 4.33. The molecule has 0 radical (unpaired) electrons. The van der Waals surface area contributed by atoms with Gasteiger partial charge in [0.05, 0.1) is 22.9 Å². The number of halogens is 2. The molecule has 2 heterocycles. The number of furan rings is 1. The van der Waals surface area contributed by atoms with Crippen molar-refractivity contribution in [2.24, 2.45) is 0 Å². The lowest BCUT2D eigenvalue weighted by Gasteiger charge is -2.10. The Morgan fingerprint density at radius 1 is 1.22 bits per heavy atom. The first-order valence-corrected chi connectivity index (χ1v) is 6.32. The number of hydrogen-bond donors (Lipinski definition) is 2. The van der Waals surface area contributed by atoms with Crippen LogP contribution in [0.25, 0.3) is 0 Å². The molecule has 2 rings (SSSR count). The van der Waals surface area contributed by atoms with Crippen molar-refractivity contribution in [2.45, 2.75) is 13.5 Å². The van der Waals surface area contributed by atoms with E-state index >= 15 is 0 Å². The van der Waals surface area contributed by atoms with E-state index in [1.807, 2.05) is 19.1 Å². The molecule has 96 valence electrons. The van der Waals surface area contributed by atoms with E-state index in [-0.39, 0.29) is 0 Å². The first-order chi connectivity index (χ1) is 8.70. The number of rotatable bonds is 5. The average Bonchev–Trinajstić information content (AvgIpc) is 2.84. The van der Waals surface area contributed by atoms with Gasteiger partial charge >= 0.3 is 0 Å². The van der Waals surface area contributed by atoms with Gasteiger partial charge in [-0.25, -0.2) is 4.98 Å². The van der Waals surface area contributed by atoms with Gasteiger partial charge in [-0.15, -0.1) is 0 Å². The number of hydrogen-bond acceptors (Lipinski definition) is 4. The second-order valence-corrected chi connectivity index (χ2v) is 4.43. The Labute approximate surface area is 115 Å². The van der Waals surface area contributed by atoms with Gasteiger partial charge in [0.25, 0.3) is 0 Å². The first kappa shape index (κ1) is 13.1. The van der Waals surface area contributed by atoms with Crippen molar-refractivity contribution >= 4 is 34.8 Å². The van der Waals surface area contributed by atoms with E-state index in [9.17, 15) is 0 Å². The molecule has 0 bridgehead atoms. The van der Waals surface area contributed by atoms with Gasteiger partial charge < -0.3 is 15.1 Å². The van der Waals surface area contributed by atoms with Crippen LogP contribution in [0.4, 0.5) is 11.6 Å². The maximum Gasteiger partial charge on any atom is 0.147 e. The predicted molar refractivity (Wildman–Crippen MR) is 74.5 cm³/mol. The minimum Gasteiger partial charge on any atom is -0.467 e. The zero-order valence-corrected chi connectivity index (χ0v) is 11.3. The van der Waals surface area contributed by atoms with Crippen LogP contribution in [0.2, 0.25) is 10.0 Å². The van der Waals surface area contributed by atoms with Crippen LogP contribution in [0.15, 0.2) is 28.9 Å². The molecule has 0 aromatic carbocycles. The van der Waals surface area contributed by atoms with Crippen LogP contribution >= 0.6 is 23.2 Å². The SMILES string of the molecule is CCNc1nc(NCc2ccco2)c(Cl)cc1Cl. The lowest BCUT2D eigenvalue weighted by molar-refractivity contribution is 0.518. The highest BCUT2D eigenvalue weighted by molar-refractivity contribution is 6.37. The highest BCUT2D eigenvalue weighted by atomic mass is 35.5. The molecular formula is C12H13Cl2N3O. The maximum absolute atomic E-state index is 6.07. The number of anilines is 2. The summed E-state index contributed by atoms with van der Waals surface area (Å²) < 4.78 is 5.22. The molecule has 2 aromatic rings. The molecule has 0 aliphatic heterocycles. The number of nitrogens with zero attached hydrogens (tertiary/aromatic N) is 1. The fourth-order valence-electron chi connectivity index (χ4n) is 1.47. The van der Waals surface area contributed by atoms with Crippen molar-refractivity contribution in [2.75, 3.05) is 17.2 Å². The van der Waals surface area contributed by atoms with E-state index in [4.69, 9.17) is 27.6 Å². The van der Waals surface area contributed by atoms with Gasteiger partial charge in [-0.3, -0.25) is 0 Å². The van der Waals surface area contributed by atoms with Gasteiger partial charge in [0, 0.05) is 6.54 Å². The molecule has 2 N–H and O–H groups in total. The summed E-state index contributed by atoms with van der Waals surface area (Å²) in [5.74, 6) is 2.01. The molecule has 2 aromatic heterocycles. The monoisotopic (exact) mass is 285 g/mol. The quantitative estimate of drug-likeness (QED) is 0.871. The summed E-state index contributed by atoms with van der Waals surface area (Å²) in [6, 6.07) is 5.37. The fourth-order valence-corrected chi connectivity index (χ4v) is 1.96. The second kappa shape index (κ2) is 5.98. The lowest BCUT2D eigenvalue weighted by atomic mass is 10.4. The smallest absolute Gasteiger partial charge is 0.147 e. The van der Waals surface area contributed by atoms with Crippen molar-refractivity contribution in [3.63, 3.8) is 0 Å². The third-order valence-electron chi connectivity index (χ3n) is 2.28. The predicted octanol–water partition coefficient (Wildman–Crippen LogP) is 4.03. The molecular weight excluding hydrogens is 273 g/mol. The molecule has 0 saturated carbocycles. The molecule has 0 aliphatic rings. The molecule has 4 nitrogen and oxygen atoms in total. The van der Waals surface area contributed by atoms with Crippen molar-refractivity contribution in [3.8, 4) is 0 Å². The van der Waals surface area contributed by atoms with E-state index in [0.717, 1.165) is 12.3 Å². The second-order valence-electron chi connectivity index (χ2n) is 3.61. The molecule has 0 atom stereocenters. The summed E-state index contributed by atoms with van der Waals surface area (Å²) >= 11 is 12.1. The third-order valence-corrected chi connectivity index (χ3v) is 2.86. The van der Waals surface area contributed by atoms with Crippen LogP contribution in [-0.4, -0.2) is 11.5 Å². The highest BCUT2D eigenvalue weighted by Crippen LogP contribution is 2.29. The largest absolute Gasteiger partial charge is 0.467 e. The molecule has 0 saturated heterocycles. The number of aromatic nitrogens is 1. The van der Waals surface area contributed by atoms with E-state index in [2.05, 4.69) is 15.6 Å². The Kier molecular flexibility index (Phi) is 4.33. The maximum atomic E-state index is 6.07. The summed E-state index contributed by atoms with van der Waals surface area (Å²) in [6.07, 6.45) is 1.62. The number of pyridine rings is 1. The minimum atomic E-state index is 0.480. The van der Waals surface area contributed by atoms with Crippen molar-refractivity contribution in [3.05, 3.63) is 40.3 Å². The Morgan fingerprint density at radius 3 is 2.56 bits per heavy atom. The van der Waals surface area contributed by atoms with Gasteiger partial charge in [-0.1, -0.05) is 23.2 Å². The molecule has 18 heavy (non-hydrogen) atoms. The Hall–Kier alpha value is -1.39. The van der Waals surface area contributed by atoms with Crippen LogP contribution in [-0.2, 0) is 6.54 Å². The van der Waals surface area contributed by atoms with Crippen molar-refractivity contribution in [1.29, 1.82) is 0 Å². The normalized spacial score (nSPS) is 10.4. The Balaban J connectivity index is 2.13. The Bertz CT molecular complexity index is 514. The van der Waals surface area contributed by atoms with Crippen LogP contribution in [0.1, 0.15) is 12.7 Å². The van der Waals surface area contributed by atoms with Gasteiger partial charge in [0.1, 0.15) is 17.4 Å². The van der Waals surface area contributed by atoms with Crippen molar-refractivity contribution in [1.82, 2.24) is 4.98 Å². The third kappa shape index (κ3) is 3.09. The van der Waals surface area contributed by atoms with E-state index < -0.39 is 0 Å². The van der Waals surface area contributed by atoms with Crippen molar-refractivity contribution < 1.29 is 4.42 Å². The average molecular weight is 286 g/mol. The summed E-state index contributed by atoms with van der Waals surface area (Å²) in [5.41, 5.74) is 0. The topological polar surface area (TPSA) is 50.1 Å². The molecule has 0 amide bonds. The Morgan fingerprint density at radius 2 is 1.94 bits per heavy atom. The van der Waals surface area contributed by atoms with Gasteiger partial charge in [-0.2, -0.15) is 0 Å². The fraction of sp³-hybridized carbons (Fsp3) is 0.250. The first-order valence-electron chi connectivity index (χ1n) is 5.57. The van der Waals surface area contributed by atoms with Gasteiger partial charge in [0.2, 0.25) is 0 Å². The van der Waals surface area contributed by atoms with E-state index in [1.54, 1.807) is 12.3 Å². The van der Waals surface area contributed by atoms with Crippen LogP contribution in [0, 0.1) is 0 Å². The molecule has 0 unspecified atom stereocenters. The van der Waals surface area contributed by atoms with Gasteiger partial charge in [0.15, 0.2) is 0 Å². The van der Waals surface area contributed by atoms with Gasteiger partial charge in [-0.05, 0) is 25.1 Å².